The number of nitrogens with zero attached hydrogens (tertiary/aromatic N) is 6. The van der Waals surface area contributed by atoms with E-state index in [1.165, 1.54) is 11.3 Å². The van der Waals surface area contributed by atoms with Crippen LogP contribution in [0.1, 0.15) is 35.2 Å². The summed E-state index contributed by atoms with van der Waals surface area (Å²) in [5.74, 6) is 1.60. The van der Waals surface area contributed by atoms with Crippen LogP contribution >= 0.6 is 0 Å². The molecule has 0 saturated heterocycles. The van der Waals surface area contributed by atoms with E-state index < -0.39 is 0 Å². The third-order valence-electron chi connectivity index (χ3n) is 4.95. The van der Waals surface area contributed by atoms with Crippen molar-refractivity contribution in [2.75, 3.05) is 20.6 Å². The second-order valence-electron chi connectivity index (χ2n) is 7.27. The Morgan fingerprint density at radius 2 is 2.04 bits per heavy atom. The highest BCUT2D eigenvalue weighted by Gasteiger charge is 2.29. The van der Waals surface area contributed by atoms with Gasteiger partial charge in [-0.3, -0.25) is 0 Å². The smallest absolute Gasteiger partial charge is 0.230 e. The van der Waals surface area contributed by atoms with Crippen molar-refractivity contribution in [2.45, 2.75) is 38.6 Å². The second kappa shape index (κ2) is 6.99. The molecule has 0 radical (unpaired) electrons. The number of hydrogen-bond donors (Lipinski definition) is 0. The van der Waals surface area contributed by atoms with Crippen molar-refractivity contribution in [3.63, 3.8) is 0 Å². The number of aromatic nitrogens is 5. The molecule has 1 aromatic carbocycles. The van der Waals surface area contributed by atoms with Gasteiger partial charge in [0, 0.05) is 24.4 Å². The molecule has 2 aromatic heterocycles. The zero-order valence-electron chi connectivity index (χ0n) is 15.5. The van der Waals surface area contributed by atoms with Gasteiger partial charge in [-0.1, -0.05) is 40.2 Å². The van der Waals surface area contributed by atoms with Gasteiger partial charge in [-0.25, -0.2) is 4.68 Å². The van der Waals surface area contributed by atoms with Crippen molar-refractivity contribution in [1.29, 1.82) is 0 Å². The normalized spacial score (nSPS) is 16.8. The number of rotatable bonds is 5. The fourth-order valence-electron chi connectivity index (χ4n) is 3.34. The molecule has 7 nitrogen and oxygen atoms in total. The first kappa shape index (κ1) is 16.9. The second-order valence-corrected chi connectivity index (χ2v) is 7.27. The van der Waals surface area contributed by atoms with E-state index in [1.807, 2.05) is 16.8 Å². The van der Waals surface area contributed by atoms with E-state index in [9.17, 15) is 0 Å². The highest BCUT2D eigenvalue weighted by molar-refractivity contribution is 5.54. The van der Waals surface area contributed by atoms with Crippen molar-refractivity contribution in [3.8, 4) is 11.4 Å². The van der Waals surface area contributed by atoms with Gasteiger partial charge < -0.3 is 9.42 Å². The van der Waals surface area contributed by atoms with Gasteiger partial charge in [0.2, 0.25) is 11.7 Å². The van der Waals surface area contributed by atoms with Gasteiger partial charge in [0.1, 0.15) is 0 Å². The third-order valence-corrected chi connectivity index (χ3v) is 4.95. The minimum Gasteiger partial charge on any atom is -0.339 e. The maximum atomic E-state index is 5.60. The molecular weight excluding hydrogens is 328 g/mol. The van der Waals surface area contributed by atoms with E-state index in [4.69, 9.17) is 4.52 Å². The first-order valence-electron chi connectivity index (χ1n) is 9.07. The Morgan fingerprint density at radius 3 is 2.81 bits per heavy atom. The Kier molecular flexibility index (Phi) is 4.55. The van der Waals surface area contributed by atoms with Crippen LogP contribution in [0.5, 0.6) is 0 Å². The highest BCUT2D eigenvalue weighted by Crippen LogP contribution is 2.32. The monoisotopic (exact) mass is 352 g/mol. The SMILES string of the molecule is Cc1ccc(-c2noc(C3CCc4nnn(CCN(C)C)c4C3)n2)cc1. The van der Waals surface area contributed by atoms with Crippen LogP contribution in [0.25, 0.3) is 11.4 Å². The Hall–Kier alpha value is -2.54. The van der Waals surface area contributed by atoms with Gasteiger partial charge in [-0.05, 0) is 33.9 Å². The van der Waals surface area contributed by atoms with Crippen LogP contribution in [0.2, 0.25) is 0 Å². The fourth-order valence-corrected chi connectivity index (χ4v) is 3.34. The topological polar surface area (TPSA) is 72.9 Å². The average molecular weight is 352 g/mol. The summed E-state index contributed by atoms with van der Waals surface area (Å²) in [5, 5.41) is 12.9. The van der Waals surface area contributed by atoms with Gasteiger partial charge in [0.25, 0.3) is 0 Å². The molecule has 1 unspecified atom stereocenters. The van der Waals surface area contributed by atoms with E-state index in [2.05, 4.69) is 58.5 Å². The van der Waals surface area contributed by atoms with Gasteiger partial charge >= 0.3 is 0 Å². The van der Waals surface area contributed by atoms with E-state index in [0.29, 0.717) is 11.7 Å². The molecule has 3 aromatic rings. The fraction of sp³-hybridized carbons (Fsp3) is 0.474. The standard InChI is InChI=1S/C19H24N6O/c1-13-4-6-14(7-5-13)18-20-19(26-22-18)15-8-9-16-17(12-15)25(23-21-16)11-10-24(2)3/h4-7,15H,8-12H2,1-3H3. The lowest BCUT2D eigenvalue weighted by Crippen LogP contribution is -2.22. The van der Waals surface area contributed by atoms with Crippen LogP contribution in [0.4, 0.5) is 0 Å². The average Bonchev–Trinajstić information content (AvgIpc) is 3.27. The first-order chi connectivity index (χ1) is 12.6. The molecule has 136 valence electrons. The van der Waals surface area contributed by atoms with Crippen LogP contribution < -0.4 is 0 Å². The maximum absolute atomic E-state index is 5.60. The summed E-state index contributed by atoms with van der Waals surface area (Å²) in [5.41, 5.74) is 4.52. The molecule has 4 rings (SSSR count). The van der Waals surface area contributed by atoms with Crippen molar-refractivity contribution in [3.05, 3.63) is 47.1 Å². The van der Waals surface area contributed by atoms with Crippen LogP contribution in [-0.2, 0) is 19.4 Å². The van der Waals surface area contributed by atoms with Crippen LogP contribution in [-0.4, -0.2) is 50.7 Å². The Morgan fingerprint density at radius 1 is 1.23 bits per heavy atom. The van der Waals surface area contributed by atoms with Crippen molar-refractivity contribution in [2.24, 2.45) is 0 Å². The molecule has 0 fully saturated rings. The quantitative estimate of drug-likeness (QED) is 0.702. The molecule has 1 atom stereocenters. The maximum Gasteiger partial charge on any atom is 0.230 e. The minimum atomic E-state index is 0.228. The van der Waals surface area contributed by atoms with E-state index in [-0.39, 0.29) is 5.92 Å². The Balaban J connectivity index is 1.52. The van der Waals surface area contributed by atoms with Gasteiger partial charge in [0.05, 0.1) is 17.9 Å². The molecule has 7 heteroatoms. The predicted molar refractivity (Wildman–Crippen MR) is 97.8 cm³/mol. The summed E-state index contributed by atoms with van der Waals surface area (Å²) in [6, 6.07) is 8.19. The molecule has 0 bridgehead atoms. The summed E-state index contributed by atoms with van der Waals surface area (Å²) < 4.78 is 7.63. The zero-order chi connectivity index (χ0) is 18.1. The largest absolute Gasteiger partial charge is 0.339 e. The van der Waals surface area contributed by atoms with Crippen molar-refractivity contribution >= 4 is 0 Å². The van der Waals surface area contributed by atoms with Gasteiger partial charge in [-0.2, -0.15) is 4.98 Å². The lowest BCUT2D eigenvalue weighted by molar-refractivity contribution is 0.333. The number of aryl methyl sites for hydroxylation is 2. The number of benzene rings is 1. The van der Waals surface area contributed by atoms with Crippen LogP contribution in [0, 0.1) is 6.92 Å². The number of fused-ring (bicyclic) bond motifs is 1. The summed E-state index contributed by atoms with van der Waals surface area (Å²) >= 11 is 0. The third kappa shape index (κ3) is 3.39. The summed E-state index contributed by atoms with van der Waals surface area (Å²) in [6.45, 7) is 3.86. The summed E-state index contributed by atoms with van der Waals surface area (Å²) in [6.07, 6.45) is 2.73. The lowest BCUT2D eigenvalue weighted by atomic mass is 9.89. The number of likely N-dealkylation sites (N-methyl/N-ethyl adjacent to an activating group) is 1. The molecule has 2 heterocycles. The molecule has 0 amide bonds. The lowest BCUT2D eigenvalue weighted by Gasteiger charge is -2.19. The summed E-state index contributed by atoms with van der Waals surface area (Å²) in [4.78, 5) is 6.81. The van der Waals surface area contributed by atoms with Gasteiger partial charge in [0.15, 0.2) is 0 Å². The van der Waals surface area contributed by atoms with Gasteiger partial charge in [-0.15, -0.1) is 5.10 Å². The van der Waals surface area contributed by atoms with Crippen LogP contribution in [0.3, 0.4) is 0 Å². The molecule has 0 aliphatic heterocycles. The molecule has 26 heavy (non-hydrogen) atoms. The minimum absolute atomic E-state index is 0.228. The van der Waals surface area contributed by atoms with E-state index >= 15 is 0 Å². The van der Waals surface area contributed by atoms with E-state index in [0.717, 1.165) is 43.6 Å². The Labute approximate surface area is 153 Å². The molecular formula is C19H24N6O. The molecule has 0 N–H and O–H groups in total. The van der Waals surface area contributed by atoms with E-state index in [1.54, 1.807) is 0 Å². The molecule has 1 aliphatic rings. The highest BCUT2D eigenvalue weighted by atomic mass is 16.5. The molecule has 0 saturated carbocycles. The molecule has 0 spiro atoms. The predicted octanol–water partition coefficient (Wildman–Crippen LogP) is 2.47. The van der Waals surface area contributed by atoms with Crippen LogP contribution in [0.15, 0.2) is 28.8 Å². The number of hydrogen-bond acceptors (Lipinski definition) is 6. The molecule has 1 aliphatic carbocycles. The Bertz CT molecular complexity index is 880. The summed E-state index contributed by atoms with van der Waals surface area (Å²) in [7, 11) is 4.13. The zero-order valence-corrected chi connectivity index (χ0v) is 15.5. The first-order valence-corrected chi connectivity index (χ1v) is 9.07. The van der Waals surface area contributed by atoms with Crippen molar-refractivity contribution < 1.29 is 4.52 Å². The van der Waals surface area contributed by atoms with Crippen molar-refractivity contribution in [1.82, 2.24) is 30.0 Å².